The molecule has 0 heterocycles. The van der Waals surface area contributed by atoms with Crippen LogP contribution in [0.2, 0.25) is 0 Å². The zero-order chi connectivity index (χ0) is 16.9. The summed E-state index contributed by atoms with van der Waals surface area (Å²) >= 11 is 1.24. The number of nitrogens with zero attached hydrogens (tertiary/aromatic N) is 2. The van der Waals surface area contributed by atoms with Crippen LogP contribution < -0.4 is 5.73 Å². The fourth-order valence-corrected chi connectivity index (χ4v) is 2.48. The lowest BCUT2D eigenvalue weighted by Gasteiger charge is -2.32. The second kappa shape index (κ2) is 7.67. The standard InChI is InChI=1S/C15H25N3O3S/c1-15(2,3)21-14(20)18(4)11-8-6-10(7-9-11)17-13(22-5)12(16)19/h6,11H,7-9H2,1-5H3,(H2,16,19). The van der Waals surface area contributed by atoms with Crippen molar-refractivity contribution in [3.8, 4) is 0 Å². The van der Waals surface area contributed by atoms with E-state index in [1.165, 1.54) is 11.8 Å². The van der Waals surface area contributed by atoms with Crippen molar-refractivity contribution in [3.05, 3.63) is 11.8 Å². The van der Waals surface area contributed by atoms with E-state index in [-0.39, 0.29) is 12.1 Å². The van der Waals surface area contributed by atoms with E-state index in [1.807, 2.05) is 26.8 Å². The van der Waals surface area contributed by atoms with Crippen molar-refractivity contribution in [2.45, 2.75) is 51.7 Å². The first-order valence-corrected chi connectivity index (χ1v) is 8.44. The fourth-order valence-electron chi connectivity index (χ4n) is 2.07. The van der Waals surface area contributed by atoms with E-state index in [0.717, 1.165) is 12.1 Å². The number of ether oxygens (including phenoxy) is 1. The molecule has 1 aliphatic carbocycles. The van der Waals surface area contributed by atoms with E-state index in [1.54, 1.807) is 18.2 Å². The van der Waals surface area contributed by atoms with E-state index in [9.17, 15) is 9.59 Å². The van der Waals surface area contributed by atoms with Crippen LogP contribution in [0.15, 0.2) is 16.8 Å². The lowest BCUT2D eigenvalue weighted by Crippen LogP contribution is -2.41. The predicted octanol–water partition coefficient (Wildman–Crippen LogP) is 2.54. The fraction of sp³-hybridized carbons (Fsp3) is 0.667. The summed E-state index contributed by atoms with van der Waals surface area (Å²) in [5, 5.41) is 0.310. The number of allylic oxidation sites excluding steroid dienone is 1. The number of rotatable bonds is 2. The largest absolute Gasteiger partial charge is 0.444 e. The van der Waals surface area contributed by atoms with Gasteiger partial charge in [0, 0.05) is 18.8 Å². The first-order valence-electron chi connectivity index (χ1n) is 7.21. The summed E-state index contributed by atoms with van der Waals surface area (Å²) in [5.41, 5.74) is 5.60. The van der Waals surface area contributed by atoms with Gasteiger partial charge in [-0.3, -0.25) is 4.79 Å². The second-order valence-corrected chi connectivity index (χ2v) is 7.00. The third kappa shape index (κ3) is 5.71. The van der Waals surface area contributed by atoms with E-state index in [2.05, 4.69) is 4.99 Å². The third-order valence-electron chi connectivity index (χ3n) is 3.24. The highest BCUT2D eigenvalue weighted by molar-refractivity contribution is 8.15. The molecule has 0 aromatic carbocycles. The number of primary amides is 1. The normalized spacial score (nSPS) is 19.4. The molecule has 1 aliphatic rings. The molecule has 1 unspecified atom stereocenters. The maximum atomic E-state index is 12.0. The van der Waals surface area contributed by atoms with Gasteiger partial charge in [0.15, 0.2) is 5.04 Å². The molecule has 0 bridgehead atoms. The first-order chi connectivity index (χ1) is 10.1. The van der Waals surface area contributed by atoms with Crippen molar-refractivity contribution in [1.82, 2.24) is 4.90 Å². The molecule has 0 radical (unpaired) electrons. The van der Waals surface area contributed by atoms with Crippen LogP contribution in [0.4, 0.5) is 4.79 Å². The highest BCUT2D eigenvalue weighted by Gasteiger charge is 2.26. The minimum Gasteiger partial charge on any atom is -0.444 e. The molecule has 22 heavy (non-hydrogen) atoms. The van der Waals surface area contributed by atoms with Crippen LogP contribution in [0.1, 0.15) is 40.0 Å². The number of nitrogens with two attached hydrogens (primary N) is 1. The van der Waals surface area contributed by atoms with Crippen LogP contribution >= 0.6 is 11.8 Å². The molecule has 0 aromatic rings. The zero-order valence-corrected chi connectivity index (χ0v) is 14.7. The molecule has 1 atom stereocenters. The molecule has 2 amide bonds. The molecule has 0 aromatic heterocycles. The van der Waals surface area contributed by atoms with Crippen molar-refractivity contribution in [1.29, 1.82) is 0 Å². The first kappa shape index (κ1) is 18.5. The molecule has 0 saturated heterocycles. The number of hydrogen-bond donors (Lipinski definition) is 1. The Morgan fingerprint density at radius 1 is 1.45 bits per heavy atom. The van der Waals surface area contributed by atoms with Crippen molar-refractivity contribution >= 4 is 28.8 Å². The number of amides is 2. The Morgan fingerprint density at radius 2 is 2.09 bits per heavy atom. The number of carbonyl (C=O) groups excluding carboxylic acids is 2. The Balaban J connectivity index is 2.67. The molecule has 0 spiro atoms. The number of carbonyl (C=O) groups is 2. The Kier molecular flexibility index (Phi) is 6.47. The third-order valence-corrected chi connectivity index (χ3v) is 3.92. The molecular weight excluding hydrogens is 302 g/mol. The van der Waals surface area contributed by atoms with Crippen molar-refractivity contribution in [3.63, 3.8) is 0 Å². The Labute approximate surface area is 136 Å². The summed E-state index contributed by atoms with van der Waals surface area (Å²) in [7, 11) is 1.75. The Hall–Kier alpha value is -1.50. The summed E-state index contributed by atoms with van der Waals surface area (Å²) in [5.74, 6) is -0.513. The van der Waals surface area contributed by atoms with E-state index in [0.29, 0.717) is 17.9 Å². The maximum absolute atomic E-state index is 12.0. The van der Waals surface area contributed by atoms with Gasteiger partial charge in [0.05, 0.1) is 0 Å². The van der Waals surface area contributed by atoms with Crippen molar-refractivity contribution < 1.29 is 14.3 Å². The van der Waals surface area contributed by atoms with Gasteiger partial charge in [-0.2, -0.15) is 0 Å². The van der Waals surface area contributed by atoms with Gasteiger partial charge in [-0.1, -0.05) is 6.08 Å². The summed E-state index contributed by atoms with van der Waals surface area (Å²) in [4.78, 5) is 29.1. The molecule has 1 rings (SSSR count). The number of hydrogen-bond acceptors (Lipinski definition) is 5. The summed E-state index contributed by atoms with van der Waals surface area (Å²) in [6.45, 7) is 5.54. The topological polar surface area (TPSA) is 85.0 Å². The van der Waals surface area contributed by atoms with E-state index >= 15 is 0 Å². The van der Waals surface area contributed by atoms with Crippen molar-refractivity contribution in [2.75, 3.05) is 13.3 Å². The Morgan fingerprint density at radius 3 is 2.50 bits per heavy atom. The van der Waals surface area contributed by atoms with Crippen LogP contribution in [0.5, 0.6) is 0 Å². The van der Waals surface area contributed by atoms with Crippen molar-refractivity contribution in [2.24, 2.45) is 10.7 Å². The monoisotopic (exact) mass is 327 g/mol. The SMILES string of the molecule is CSC(=NC1=CCC(N(C)C(=O)OC(C)(C)C)CC1)C(N)=O. The summed E-state index contributed by atoms with van der Waals surface area (Å²) in [6.07, 6.45) is 5.58. The van der Waals surface area contributed by atoms with Gasteiger partial charge in [-0.25, -0.2) is 9.79 Å². The summed E-state index contributed by atoms with van der Waals surface area (Å²) < 4.78 is 5.37. The lowest BCUT2D eigenvalue weighted by atomic mass is 9.98. The second-order valence-electron chi connectivity index (χ2n) is 6.20. The average molecular weight is 327 g/mol. The van der Waals surface area contributed by atoms with E-state index < -0.39 is 11.5 Å². The smallest absolute Gasteiger partial charge is 0.410 e. The molecular formula is C15H25N3O3S. The molecule has 0 fully saturated rings. The van der Waals surface area contributed by atoms with Crippen LogP contribution in [0.25, 0.3) is 0 Å². The maximum Gasteiger partial charge on any atom is 0.410 e. The summed E-state index contributed by atoms with van der Waals surface area (Å²) in [6, 6.07) is 0.0834. The van der Waals surface area contributed by atoms with Crippen LogP contribution in [-0.2, 0) is 9.53 Å². The number of aliphatic imine (C=N–C) groups is 1. The van der Waals surface area contributed by atoms with Gasteiger partial charge >= 0.3 is 6.09 Å². The predicted molar refractivity (Wildman–Crippen MR) is 89.9 cm³/mol. The lowest BCUT2D eigenvalue weighted by molar-refractivity contribution is -0.111. The van der Waals surface area contributed by atoms with Crippen LogP contribution in [-0.4, -0.2) is 46.9 Å². The minimum atomic E-state index is -0.513. The van der Waals surface area contributed by atoms with E-state index in [4.69, 9.17) is 10.5 Å². The average Bonchev–Trinajstić information content (AvgIpc) is 2.42. The molecule has 2 N–H and O–H groups in total. The quantitative estimate of drug-likeness (QED) is 0.624. The van der Waals surface area contributed by atoms with Gasteiger partial charge in [0.2, 0.25) is 0 Å². The minimum absolute atomic E-state index is 0.0834. The molecule has 0 saturated carbocycles. The van der Waals surface area contributed by atoms with Gasteiger partial charge in [0.1, 0.15) is 5.60 Å². The molecule has 0 aliphatic heterocycles. The van der Waals surface area contributed by atoms with Crippen LogP contribution in [0, 0.1) is 0 Å². The highest BCUT2D eigenvalue weighted by Crippen LogP contribution is 2.24. The van der Waals surface area contributed by atoms with Crippen LogP contribution in [0.3, 0.4) is 0 Å². The molecule has 7 heteroatoms. The van der Waals surface area contributed by atoms with Gasteiger partial charge in [-0.05, 0) is 46.3 Å². The number of thioether (sulfide) groups is 1. The highest BCUT2D eigenvalue weighted by atomic mass is 32.2. The van der Waals surface area contributed by atoms with Gasteiger partial charge in [-0.15, -0.1) is 11.8 Å². The Bertz CT molecular complexity index is 495. The molecule has 6 nitrogen and oxygen atoms in total. The van der Waals surface area contributed by atoms with Gasteiger partial charge < -0.3 is 15.4 Å². The zero-order valence-electron chi connectivity index (χ0n) is 13.9. The van der Waals surface area contributed by atoms with Gasteiger partial charge in [0.25, 0.3) is 5.91 Å². The molecule has 124 valence electrons.